The van der Waals surface area contributed by atoms with E-state index >= 15 is 0 Å². The lowest BCUT2D eigenvalue weighted by Crippen LogP contribution is -2.61. The maximum Gasteiger partial charge on any atom is 0.309 e. The van der Waals surface area contributed by atoms with Crippen molar-refractivity contribution < 1.29 is 14.0 Å². The molecule has 21 heavy (non-hydrogen) atoms. The molecule has 4 nitrogen and oxygen atoms in total. The molecule has 120 valence electrons. The Kier molecular flexibility index (Phi) is 4.85. The summed E-state index contributed by atoms with van der Waals surface area (Å²) in [5.74, 6) is 0.795. The number of rotatable bonds is 3. The van der Waals surface area contributed by atoms with Crippen LogP contribution in [0.2, 0.25) is 0 Å². The SMILES string of the molecule is C[N@+]12CCCC[C@H]1[C@@H](COC(=O)C1CCNCC1)CCC2. The van der Waals surface area contributed by atoms with Crippen molar-refractivity contribution in [2.45, 2.75) is 51.0 Å². The van der Waals surface area contributed by atoms with Gasteiger partial charge in [-0.15, -0.1) is 0 Å². The number of piperidine rings is 3. The average molecular weight is 295 g/mol. The van der Waals surface area contributed by atoms with Crippen molar-refractivity contribution in [2.75, 3.05) is 39.8 Å². The number of carbonyl (C=O) groups is 1. The van der Waals surface area contributed by atoms with Gasteiger partial charge >= 0.3 is 5.97 Å². The van der Waals surface area contributed by atoms with Crippen molar-refractivity contribution in [1.82, 2.24) is 5.32 Å². The summed E-state index contributed by atoms with van der Waals surface area (Å²) in [5, 5.41) is 3.31. The summed E-state index contributed by atoms with van der Waals surface area (Å²) >= 11 is 0. The third-order valence-corrected chi connectivity index (χ3v) is 6.12. The lowest BCUT2D eigenvalue weighted by molar-refractivity contribution is -0.947. The first-order chi connectivity index (χ1) is 10.2. The lowest BCUT2D eigenvalue weighted by atomic mass is 9.82. The predicted octanol–water partition coefficient (Wildman–Crippen LogP) is 1.94. The fraction of sp³-hybridized carbons (Fsp3) is 0.941. The van der Waals surface area contributed by atoms with Gasteiger partial charge in [-0.25, -0.2) is 0 Å². The van der Waals surface area contributed by atoms with Crippen LogP contribution in [0.15, 0.2) is 0 Å². The van der Waals surface area contributed by atoms with Crippen LogP contribution in [-0.2, 0) is 9.53 Å². The standard InChI is InChI=1S/C17H31N2O2/c1-19-11-3-2-6-16(19)15(5-4-12-19)13-21-17(20)14-7-9-18-10-8-14/h14-16,18H,2-13H2,1H3/q+1/t15-,16+,19-/m1/s1. The van der Waals surface area contributed by atoms with Gasteiger partial charge in [0.2, 0.25) is 0 Å². The molecule has 3 fully saturated rings. The molecule has 3 rings (SSSR count). The minimum Gasteiger partial charge on any atom is -0.465 e. The lowest BCUT2D eigenvalue weighted by Gasteiger charge is -2.51. The van der Waals surface area contributed by atoms with E-state index in [0.29, 0.717) is 12.5 Å². The Labute approximate surface area is 128 Å². The molecule has 0 aliphatic carbocycles. The maximum absolute atomic E-state index is 12.2. The van der Waals surface area contributed by atoms with E-state index in [1.807, 2.05) is 0 Å². The Balaban J connectivity index is 1.53. The van der Waals surface area contributed by atoms with Gasteiger partial charge in [0, 0.05) is 12.3 Å². The first-order valence-electron chi connectivity index (χ1n) is 8.91. The number of fused-ring (bicyclic) bond motifs is 1. The molecule has 3 aliphatic heterocycles. The second kappa shape index (κ2) is 6.66. The van der Waals surface area contributed by atoms with Crippen LogP contribution in [0.4, 0.5) is 0 Å². The first kappa shape index (κ1) is 15.3. The van der Waals surface area contributed by atoms with E-state index in [1.165, 1.54) is 49.7 Å². The highest BCUT2D eigenvalue weighted by Crippen LogP contribution is 2.36. The maximum atomic E-state index is 12.2. The molecule has 0 amide bonds. The molecule has 0 aromatic carbocycles. The Bertz CT molecular complexity index is 364. The van der Waals surface area contributed by atoms with Crippen molar-refractivity contribution in [1.29, 1.82) is 0 Å². The molecular formula is C17H31N2O2+. The molecule has 3 atom stereocenters. The number of hydrogen-bond acceptors (Lipinski definition) is 3. The van der Waals surface area contributed by atoms with E-state index in [1.54, 1.807) is 0 Å². The summed E-state index contributed by atoms with van der Waals surface area (Å²) in [5.41, 5.74) is 0. The third kappa shape index (κ3) is 3.42. The van der Waals surface area contributed by atoms with Crippen LogP contribution in [0.25, 0.3) is 0 Å². The Morgan fingerprint density at radius 3 is 2.67 bits per heavy atom. The summed E-state index contributed by atoms with van der Waals surface area (Å²) in [4.78, 5) is 12.2. The van der Waals surface area contributed by atoms with Crippen LogP contribution in [0.1, 0.15) is 44.9 Å². The van der Waals surface area contributed by atoms with Gasteiger partial charge < -0.3 is 14.5 Å². The van der Waals surface area contributed by atoms with Gasteiger partial charge in [0.05, 0.1) is 38.7 Å². The van der Waals surface area contributed by atoms with Crippen LogP contribution >= 0.6 is 0 Å². The normalized spacial score (nSPS) is 37.8. The van der Waals surface area contributed by atoms with E-state index in [-0.39, 0.29) is 11.9 Å². The molecular weight excluding hydrogens is 264 g/mol. The van der Waals surface area contributed by atoms with Gasteiger partial charge in [0.1, 0.15) is 0 Å². The van der Waals surface area contributed by atoms with Gasteiger partial charge in [0.25, 0.3) is 0 Å². The molecule has 3 saturated heterocycles. The number of hydrogen-bond donors (Lipinski definition) is 1. The van der Waals surface area contributed by atoms with E-state index in [4.69, 9.17) is 4.74 Å². The molecule has 0 saturated carbocycles. The molecule has 0 radical (unpaired) electrons. The van der Waals surface area contributed by atoms with Crippen LogP contribution in [-0.4, -0.2) is 56.3 Å². The van der Waals surface area contributed by atoms with E-state index < -0.39 is 0 Å². The minimum absolute atomic E-state index is 0.0621. The highest BCUT2D eigenvalue weighted by atomic mass is 16.5. The fourth-order valence-corrected chi connectivity index (χ4v) is 4.79. The number of nitrogens with zero attached hydrogens (tertiary/aromatic N) is 1. The summed E-state index contributed by atoms with van der Waals surface area (Å²) in [6.07, 6.45) is 8.49. The Morgan fingerprint density at radius 1 is 1.10 bits per heavy atom. The second-order valence-corrected chi connectivity index (χ2v) is 7.55. The van der Waals surface area contributed by atoms with Crippen LogP contribution in [0.5, 0.6) is 0 Å². The minimum atomic E-state index is 0.0621. The molecule has 0 spiro atoms. The monoisotopic (exact) mass is 295 g/mol. The quantitative estimate of drug-likeness (QED) is 0.639. The molecule has 0 bridgehead atoms. The summed E-state index contributed by atoms with van der Waals surface area (Å²) < 4.78 is 6.97. The average Bonchev–Trinajstić information content (AvgIpc) is 2.52. The van der Waals surface area contributed by atoms with E-state index in [0.717, 1.165) is 32.0 Å². The fourth-order valence-electron chi connectivity index (χ4n) is 4.79. The number of carbonyl (C=O) groups excluding carboxylic acids is 1. The van der Waals surface area contributed by atoms with Crippen molar-refractivity contribution in [3.63, 3.8) is 0 Å². The van der Waals surface area contributed by atoms with Crippen LogP contribution in [0, 0.1) is 11.8 Å². The van der Waals surface area contributed by atoms with Gasteiger partial charge in [-0.1, -0.05) is 0 Å². The van der Waals surface area contributed by atoms with Crippen molar-refractivity contribution in [2.24, 2.45) is 11.8 Å². The topological polar surface area (TPSA) is 38.3 Å². The molecule has 3 heterocycles. The number of nitrogens with one attached hydrogen (secondary N) is 1. The predicted molar refractivity (Wildman–Crippen MR) is 82.8 cm³/mol. The van der Waals surface area contributed by atoms with Crippen molar-refractivity contribution >= 4 is 5.97 Å². The molecule has 0 unspecified atom stereocenters. The number of esters is 1. The van der Waals surface area contributed by atoms with Gasteiger partial charge in [-0.2, -0.15) is 0 Å². The van der Waals surface area contributed by atoms with Gasteiger partial charge in [-0.05, 0) is 51.6 Å². The van der Waals surface area contributed by atoms with E-state index in [2.05, 4.69) is 12.4 Å². The Morgan fingerprint density at radius 2 is 1.86 bits per heavy atom. The first-order valence-corrected chi connectivity index (χ1v) is 8.91. The number of ether oxygens (including phenoxy) is 1. The highest BCUT2D eigenvalue weighted by Gasteiger charge is 2.44. The van der Waals surface area contributed by atoms with Crippen LogP contribution in [0.3, 0.4) is 0 Å². The van der Waals surface area contributed by atoms with Crippen LogP contribution < -0.4 is 5.32 Å². The van der Waals surface area contributed by atoms with Gasteiger partial charge in [-0.3, -0.25) is 4.79 Å². The van der Waals surface area contributed by atoms with E-state index in [9.17, 15) is 4.79 Å². The largest absolute Gasteiger partial charge is 0.465 e. The number of quaternary nitrogens is 1. The Hall–Kier alpha value is -0.610. The summed E-state index contributed by atoms with van der Waals surface area (Å²) in [7, 11) is 2.42. The molecule has 3 aliphatic rings. The second-order valence-electron chi connectivity index (χ2n) is 7.55. The highest BCUT2D eigenvalue weighted by molar-refractivity contribution is 5.72. The zero-order valence-corrected chi connectivity index (χ0v) is 13.5. The third-order valence-electron chi connectivity index (χ3n) is 6.12. The molecule has 4 heteroatoms. The molecule has 0 aromatic rings. The summed E-state index contributed by atoms with van der Waals surface area (Å²) in [6.45, 7) is 5.23. The zero-order valence-electron chi connectivity index (χ0n) is 13.5. The van der Waals surface area contributed by atoms with Gasteiger partial charge in [0.15, 0.2) is 0 Å². The smallest absolute Gasteiger partial charge is 0.309 e. The zero-order chi connectivity index (χ0) is 14.7. The molecule has 0 aromatic heterocycles. The molecule has 1 N–H and O–H groups in total. The summed E-state index contributed by atoms with van der Waals surface area (Å²) in [6, 6.07) is 0.730. The van der Waals surface area contributed by atoms with Crippen molar-refractivity contribution in [3.05, 3.63) is 0 Å². The van der Waals surface area contributed by atoms with Crippen molar-refractivity contribution in [3.8, 4) is 0 Å².